The maximum absolute atomic E-state index is 14.1. The van der Waals surface area contributed by atoms with Crippen LogP contribution in [-0.2, 0) is 11.2 Å². The normalized spacial score (nSPS) is 10.3. The Balaban J connectivity index is 0.000000313. The van der Waals surface area contributed by atoms with Crippen molar-refractivity contribution in [3.63, 3.8) is 0 Å². The van der Waals surface area contributed by atoms with E-state index in [1.807, 2.05) is 20.8 Å². The number of hydrogen-bond donors (Lipinski definition) is 4. The zero-order chi connectivity index (χ0) is 36.3. The van der Waals surface area contributed by atoms with Crippen LogP contribution in [0, 0.1) is 11.6 Å². The topological polar surface area (TPSA) is 247 Å². The quantitative estimate of drug-likeness (QED) is 0.177. The third-order valence-electron chi connectivity index (χ3n) is 5.97. The van der Waals surface area contributed by atoms with Gasteiger partial charge in [0, 0.05) is 36.7 Å². The molecule has 264 valence electrons. The Morgan fingerprint density at radius 2 is 1.46 bits per heavy atom. The van der Waals surface area contributed by atoms with Crippen molar-refractivity contribution in [2.24, 2.45) is 0 Å². The third kappa shape index (κ3) is 10.6. The Hall–Kier alpha value is -6.30. The lowest BCUT2D eigenvalue weighted by Crippen LogP contribution is -2.41. The standard InChI is InChI=1S/C17H19FN4O3.C13H9FN4O2.C2H4O2.H3N/c1-17(2,3)22-15(24)13-10(6-5-7-19-13)8-11(23)14-12(18)16(25-4)21-9-20-14;1-20-13-9(14)11(16-6-17-13)8-5-7-3-2-4-15-10(7)12(19)18-8;1-2(3)4;/h5-7,9H,8H2,1-4H3,(H,22,24);2-6H,1H3,(H,18,19);1H3,(H,3,4);1H3. The Morgan fingerprint density at radius 3 is 2.08 bits per heavy atom. The number of halogens is 2. The van der Waals surface area contributed by atoms with Gasteiger partial charge in [0.2, 0.25) is 11.6 Å². The molecule has 0 aliphatic heterocycles. The van der Waals surface area contributed by atoms with E-state index >= 15 is 0 Å². The smallest absolute Gasteiger partial charge is 0.300 e. The van der Waals surface area contributed by atoms with Crippen molar-refractivity contribution >= 4 is 28.6 Å². The van der Waals surface area contributed by atoms with Crippen molar-refractivity contribution in [3.8, 4) is 23.1 Å². The summed E-state index contributed by atoms with van der Waals surface area (Å²) in [7, 11) is 2.55. The first-order chi connectivity index (χ1) is 23.2. The molecule has 5 aromatic rings. The van der Waals surface area contributed by atoms with Gasteiger partial charge in [-0.05, 0) is 44.5 Å². The molecular formula is C32H35F2N9O7. The largest absolute Gasteiger partial charge is 0.481 e. The molecule has 0 saturated heterocycles. The summed E-state index contributed by atoms with van der Waals surface area (Å²) < 4.78 is 37.8. The average molecular weight is 696 g/mol. The maximum atomic E-state index is 14.1. The van der Waals surface area contributed by atoms with Gasteiger partial charge in [-0.1, -0.05) is 12.1 Å². The number of rotatable bonds is 7. The van der Waals surface area contributed by atoms with Crippen molar-refractivity contribution in [2.75, 3.05) is 14.2 Å². The van der Waals surface area contributed by atoms with Crippen LogP contribution in [0.1, 0.15) is 54.2 Å². The number of fused-ring (bicyclic) bond motifs is 1. The number of amides is 1. The third-order valence-corrected chi connectivity index (χ3v) is 5.97. The monoisotopic (exact) mass is 695 g/mol. The van der Waals surface area contributed by atoms with E-state index in [1.165, 1.54) is 32.9 Å². The van der Waals surface area contributed by atoms with E-state index in [9.17, 15) is 23.2 Å². The van der Waals surface area contributed by atoms with E-state index in [2.05, 4.69) is 40.2 Å². The van der Waals surface area contributed by atoms with Gasteiger partial charge in [-0.2, -0.15) is 18.7 Å². The number of methoxy groups -OCH3 is 2. The summed E-state index contributed by atoms with van der Waals surface area (Å²) in [4.78, 5) is 71.1. The first kappa shape index (κ1) is 39.9. The van der Waals surface area contributed by atoms with Gasteiger partial charge >= 0.3 is 0 Å². The number of aromatic amines is 1. The molecule has 18 heteroatoms. The molecule has 0 saturated carbocycles. The van der Waals surface area contributed by atoms with Crippen molar-refractivity contribution < 1.29 is 37.7 Å². The van der Waals surface area contributed by atoms with Gasteiger partial charge in [0.05, 0.1) is 19.9 Å². The zero-order valence-corrected chi connectivity index (χ0v) is 27.9. The van der Waals surface area contributed by atoms with E-state index in [0.717, 1.165) is 13.3 Å². The van der Waals surface area contributed by atoms with Gasteiger partial charge in [0.15, 0.2) is 5.78 Å². The maximum Gasteiger partial charge on any atom is 0.300 e. The fraction of sp³-hybridized carbons (Fsp3) is 0.250. The molecule has 5 rings (SSSR count). The SMILES string of the molecule is CC(=O)O.COc1ncnc(-c2cc3cccnc3c(=O)[nH]2)c1F.COc1ncnc(C(=O)Cc2cccnc2C(=O)NC(C)(C)C)c1F.N. The number of ether oxygens (including phenoxy) is 2. The lowest BCUT2D eigenvalue weighted by atomic mass is 10.0. The fourth-order valence-corrected chi connectivity index (χ4v) is 4.04. The number of aliphatic carboxylic acids is 1. The van der Waals surface area contributed by atoms with Crippen LogP contribution in [-0.4, -0.2) is 77.4 Å². The molecule has 0 aliphatic carbocycles. The fourth-order valence-electron chi connectivity index (χ4n) is 4.04. The summed E-state index contributed by atoms with van der Waals surface area (Å²) >= 11 is 0. The van der Waals surface area contributed by atoms with Gasteiger partial charge in [-0.15, -0.1) is 0 Å². The molecule has 0 aromatic carbocycles. The number of hydrogen-bond acceptors (Lipinski definition) is 13. The van der Waals surface area contributed by atoms with Gasteiger partial charge in [-0.3, -0.25) is 29.1 Å². The molecule has 0 bridgehead atoms. The molecule has 5 heterocycles. The first-order valence-electron chi connectivity index (χ1n) is 14.2. The second-order valence-corrected chi connectivity index (χ2v) is 10.9. The number of carbonyl (C=O) groups is 3. The molecule has 0 fully saturated rings. The molecule has 0 unspecified atom stereocenters. The van der Waals surface area contributed by atoms with Gasteiger partial charge < -0.3 is 31.0 Å². The van der Waals surface area contributed by atoms with Gasteiger partial charge in [0.1, 0.15) is 35.3 Å². The summed E-state index contributed by atoms with van der Waals surface area (Å²) in [5.74, 6) is -3.99. The van der Waals surface area contributed by atoms with Crippen LogP contribution in [0.5, 0.6) is 11.8 Å². The molecule has 0 spiro atoms. The van der Waals surface area contributed by atoms with E-state index in [0.29, 0.717) is 10.9 Å². The number of H-pyrrole nitrogens is 1. The summed E-state index contributed by atoms with van der Waals surface area (Å²) in [5, 5.41) is 10.8. The predicted molar refractivity (Wildman–Crippen MR) is 176 cm³/mol. The first-order valence-corrected chi connectivity index (χ1v) is 14.2. The zero-order valence-electron chi connectivity index (χ0n) is 27.9. The average Bonchev–Trinajstić information content (AvgIpc) is 3.04. The highest BCUT2D eigenvalue weighted by molar-refractivity contribution is 6.00. The van der Waals surface area contributed by atoms with Crippen LogP contribution in [0.25, 0.3) is 22.3 Å². The number of ketones is 1. The van der Waals surface area contributed by atoms with Crippen LogP contribution < -0.4 is 26.5 Å². The highest BCUT2D eigenvalue weighted by atomic mass is 19.1. The molecule has 16 nitrogen and oxygen atoms in total. The molecule has 0 aliphatic rings. The van der Waals surface area contributed by atoms with E-state index < -0.39 is 46.1 Å². The molecule has 5 aromatic heterocycles. The highest BCUT2D eigenvalue weighted by Gasteiger charge is 2.23. The summed E-state index contributed by atoms with van der Waals surface area (Å²) in [6, 6.07) is 8.22. The predicted octanol–water partition coefficient (Wildman–Crippen LogP) is 3.75. The van der Waals surface area contributed by atoms with E-state index in [1.54, 1.807) is 30.3 Å². The number of Topliss-reactive ketones (excluding diaryl/α,β-unsaturated/α-hetero) is 1. The molecule has 1 amide bonds. The summed E-state index contributed by atoms with van der Waals surface area (Å²) in [5.41, 5.74) is -0.250. The Kier molecular flexibility index (Phi) is 14.1. The van der Waals surface area contributed by atoms with Crippen molar-refractivity contribution in [1.29, 1.82) is 0 Å². The molecule has 0 atom stereocenters. The van der Waals surface area contributed by atoms with E-state index in [-0.39, 0.29) is 46.9 Å². The molecule has 50 heavy (non-hydrogen) atoms. The summed E-state index contributed by atoms with van der Waals surface area (Å²) in [6.07, 6.45) is 4.97. The Labute approximate surface area is 284 Å². The minimum Gasteiger partial charge on any atom is -0.481 e. The van der Waals surface area contributed by atoms with Crippen LogP contribution in [0.2, 0.25) is 0 Å². The van der Waals surface area contributed by atoms with Crippen LogP contribution in [0.15, 0.2) is 60.2 Å². The van der Waals surface area contributed by atoms with E-state index in [4.69, 9.17) is 19.4 Å². The molecule has 6 N–H and O–H groups in total. The number of pyridine rings is 3. The van der Waals surface area contributed by atoms with Crippen LogP contribution >= 0.6 is 0 Å². The summed E-state index contributed by atoms with van der Waals surface area (Å²) in [6.45, 7) is 6.59. The van der Waals surface area contributed by atoms with Gasteiger partial charge in [-0.25, -0.2) is 9.97 Å². The Bertz CT molecular complexity index is 2030. The number of carbonyl (C=O) groups excluding carboxylic acids is 2. The van der Waals surface area contributed by atoms with Crippen molar-refractivity contribution in [2.45, 2.75) is 39.7 Å². The van der Waals surface area contributed by atoms with Crippen molar-refractivity contribution in [3.05, 3.63) is 94.3 Å². The van der Waals surface area contributed by atoms with Gasteiger partial charge in [0.25, 0.3) is 29.2 Å². The molecular weight excluding hydrogens is 660 g/mol. The number of nitrogens with one attached hydrogen (secondary N) is 2. The lowest BCUT2D eigenvalue weighted by molar-refractivity contribution is -0.134. The Morgan fingerprint density at radius 1 is 0.880 bits per heavy atom. The number of aromatic nitrogens is 7. The second-order valence-electron chi connectivity index (χ2n) is 10.9. The number of carboxylic acids is 1. The molecule has 0 radical (unpaired) electrons. The minimum atomic E-state index is -0.931. The number of carboxylic acid groups (broad SMARTS) is 1. The lowest BCUT2D eigenvalue weighted by Gasteiger charge is -2.20. The van der Waals surface area contributed by atoms with Crippen LogP contribution in [0.4, 0.5) is 8.78 Å². The minimum absolute atomic E-state index is 0. The van der Waals surface area contributed by atoms with Crippen LogP contribution in [0.3, 0.4) is 0 Å². The highest BCUT2D eigenvalue weighted by Crippen LogP contribution is 2.24. The second kappa shape index (κ2) is 17.7. The van der Waals surface area contributed by atoms with Crippen molar-refractivity contribution in [1.82, 2.24) is 46.4 Å². The number of nitrogens with zero attached hydrogens (tertiary/aromatic N) is 6.